The molecule has 140 valence electrons. The molecule has 3 rings (SSSR count). The summed E-state index contributed by atoms with van der Waals surface area (Å²) in [6, 6.07) is 0. The van der Waals surface area contributed by atoms with Gasteiger partial charge in [0.2, 0.25) is 0 Å². The molecule has 0 aromatic rings. The molecule has 3 fully saturated rings. The molecule has 4 nitrogen and oxygen atoms in total. The zero-order valence-corrected chi connectivity index (χ0v) is 15.4. The lowest BCUT2D eigenvalue weighted by Gasteiger charge is -2.49. The van der Waals surface area contributed by atoms with E-state index in [4.69, 9.17) is 0 Å². The Morgan fingerprint density at radius 3 is 2.56 bits per heavy atom. The molecular weight excluding hydrogens is 316 g/mol. The largest absolute Gasteiger partial charge is 0.393 e. The van der Waals surface area contributed by atoms with E-state index in [0.717, 1.165) is 36.0 Å². The summed E-state index contributed by atoms with van der Waals surface area (Å²) in [7, 11) is 0. The van der Waals surface area contributed by atoms with Crippen molar-refractivity contribution in [3.63, 3.8) is 0 Å². The van der Waals surface area contributed by atoms with Crippen LogP contribution in [0.4, 0.5) is 0 Å². The van der Waals surface area contributed by atoms with Crippen LogP contribution < -0.4 is 0 Å². The highest BCUT2D eigenvalue weighted by Gasteiger charge is 2.61. The van der Waals surface area contributed by atoms with E-state index in [-0.39, 0.29) is 12.0 Å². The second-order valence-corrected chi connectivity index (χ2v) is 8.60. The van der Waals surface area contributed by atoms with Gasteiger partial charge in [0.05, 0.1) is 23.9 Å². The van der Waals surface area contributed by atoms with Gasteiger partial charge in [0.25, 0.3) is 0 Å². The fourth-order valence-corrected chi connectivity index (χ4v) is 5.43. The highest BCUT2D eigenvalue weighted by atomic mass is 16.3. The van der Waals surface area contributed by atoms with Gasteiger partial charge in [0.15, 0.2) is 0 Å². The van der Waals surface area contributed by atoms with Gasteiger partial charge in [-0.2, -0.15) is 0 Å². The lowest BCUT2D eigenvalue weighted by atomic mass is 9.59. The molecule has 4 N–H and O–H groups in total. The van der Waals surface area contributed by atoms with Crippen LogP contribution >= 0.6 is 0 Å². The van der Waals surface area contributed by atoms with Crippen molar-refractivity contribution in [1.29, 1.82) is 0 Å². The van der Waals surface area contributed by atoms with E-state index in [9.17, 15) is 20.4 Å². The van der Waals surface area contributed by atoms with Crippen LogP contribution in [0.1, 0.15) is 58.8 Å². The minimum absolute atomic E-state index is 0.161. The summed E-state index contributed by atoms with van der Waals surface area (Å²) in [5.74, 6) is 0.161. The van der Waals surface area contributed by atoms with Crippen molar-refractivity contribution in [2.45, 2.75) is 82.7 Å². The predicted molar refractivity (Wildman–Crippen MR) is 97.9 cm³/mol. The SMILES string of the molecule is C=C1CC[C@@H](O)C/C1=C/C=C1\C[C@H](O)C[C@@]2(C)[C@H]1CC[C@]2(O)[C@@H](C)O. The number of allylic oxidation sites excluding steroid dienone is 3. The van der Waals surface area contributed by atoms with Crippen LogP contribution in [0.3, 0.4) is 0 Å². The van der Waals surface area contributed by atoms with Crippen LogP contribution in [-0.2, 0) is 0 Å². The Morgan fingerprint density at radius 2 is 1.88 bits per heavy atom. The van der Waals surface area contributed by atoms with Crippen LogP contribution in [0.25, 0.3) is 0 Å². The van der Waals surface area contributed by atoms with Gasteiger partial charge in [-0.25, -0.2) is 0 Å². The molecule has 4 heteroatoms. The lowest BCUT2D eigenvalue weighted by molar-refractivity contribution is -0.154. The average Bonchev–Trinajstić information content (AvgIpc) is 2.80. The quantitative estimate of drug-likeness (QED) is 0.618. The van der Waals surface area contributed by atoms with Gasteiger partial charge in [-0.3, -0.25) is 0 Å². The summed E-state index contributed by atoms with van der Waals surface area (Å²) in [4.78, 5) is 0. The molecule has 0 aromatic carbocycles. The summed E-state index contributed by atoms with van der Waals surface area (Å²) >= 11 is 0. The second kappa shape index (κ2) is 6.66. The molecule has 0 spiro atoms. The van der Waals surface area contributed by atoms with E-state index < -0.39 is 23.2 Å². The highest BCUT2D eigenvalue weighted by molar-refractivity contribution is 5.37. The molecule has 0 saturated heterocycles. The fourth-order valence-electron chi connectivity index (χ4n) is 5.43. The lowest BCUT2D eigenvalue weighted by Crippen LogP contribution is -2.55. The number of hydrogen-bond acceptors (Lipinski definition) is 4. The first-order valence-corrected chi connectivity index (χ1v) is 9.51. The zero-order valence-electron chi connectivity index (χ0n) is 15.4. The van der Waals surface area contributed by atoms with Crippen molar-refractivity contribution in [3.8, 4) is 0 Å². The topological polar surface area (TPSA) is 80.9 Å². The third-order valence-electron chi connectivity index (χ3n) is 7.03. The van der Waals surface area contributed by atoms with Crippen LogP contribution in [0, 0.1) is 11.3 Å². The van der Waals surface area contributed by atoms with Gasteiger partial charge < -0.3 is 20.4 Å². The molecule has 0 aromatic heterocycles. The standard InChI is InChI=1S/C21H32O4/c1-13-4-7-17(23)10-15(13)5-6-16-11-18(24)12-20(3)19(16)8-9-21(20,25)14(2)22/h5-6,14,17-19,22-25H,1,4,7-12H2,2-3H3/b15-5-,16-6+/t14-,17-,18+,19+,20+,21+/m1/s1. The Bertz CT molecular complexity index is 605. The van der Waals surface area contributed by atoms with Gasteiger partial charge in [0, 0.05) is 5.41 Å². The number of rotatable bonds is 2. The van der Waals surface area contributed by atoms with Gasteiger partial charge in [0.1, 0.15) is 0 Å². The van der Waals surface area contributed by atoms with Crippen molar-refractivity contribution in [2.24, 2.45) is 11.3 Å². The van der Waals surface area contributed by atoms with E-state index in [1.54, 1.807) is 6.92 Å². The summed E-state index contributed by atoms with van der Waals surface area (Å²) in [6.45, 7) is 7.75. The highest BCUT2D eigenvalue weighted by Crippen LogP contribution is 2.60. The third-order valence-corrected chi connectivity index (χ3v) is 7.03. The molecule has 6 atom stereocenters. The van der Waals surface area contributed by atoms with Crippen molar-refractivity contribution < 1.29 is 20.4 Å². The average molecular weight is 348 g/mol. The molecule has 0 radical (unpaired) electrons. The molecule has 25 heavy (non-hydrogen) atoms. The molecule has 0 unspecified atom stereocenters. The minimum atomic E-state index is -1.16. The molecule has 3 aliphatic rings. The van der Waals surface area contributed by atoms with Gasteiger partial charge >= 0.3 is 0 Å². The van der Waals surface area contributed by atoms with E-state index >= 15 is 0 Å². The number of aliphatic hydroxyl groups is 4. The maximum Gasteiger partial charge on any atom is 0.0962 e. The van der Waals surface area contributed by atoms with Crippen molar-refractivity contribution in [1.82, 2.24) is 0 Å². The Hall–Kier alpha value is -0.940. The van der Waals surface area contributed by atoms with E-state index in [1.807, 2.05) is 13.0 Å². The number of aliphatic hydroxyl groups excluding tert-OH is 3. The third kappa shape index (κ3) is 3.14. The Balaban J connectivity index is 1.91. The molecule has 0 heterocycles. The predicted octanol–water partition coefficient (Wildman–Crippen LogP) is 2.62. The van der Waals surface area contributed by atoms with Crippen LogP contribution in [0.5, 0.6) is 0 Å². The summed E-state index contributed by atoms with van der Waals surface area (Å²) in [5, 5.41) is 41.6. The van der Waals surface area contributed by atoms with Crippen molar-refractivity contribution in [3.05, 3.63) is 35.5 Å². The van der Waals surface area contributed by atoms with Crippen LogP contribution in [0.15, 0.2) is 35.5 Å². The maximum atomic E-state index is 11.1. The van der Waals surface area contributed by atoms with E-state index in [0.29, 0.717) is 25.7 Å². The first kappa shape index (κ1) is 18.8. The smallest absolute Gasteiger partial charge is 0.0962 e. The van der Waals surface area contributed by atoms with E-state index in [1.165, 1.54) is 0 Å². The minimum Gasteiger partial charge on any atom is -0.393 e. The number of fused-ring (bicyclic) bond motifs is 1. The molecule has 3 aliphatic carbocycles. The van der Waals surface area contributed by atoms with Crippen LogP contribution in [0.2, 0.25) is 0 Å². The van der Waals surface area contributed by atoms with Gasteiger partial charge in [-0.15, -0.1) is 0 Å². The summed E-state index contributed by atoms with van der Waals surface area (Å²) in [6.07, 6.45) is 7.20. The molecule has 0 bridgehead atoms. The maximum absolute atomic E-state index is 11.1. The van der Waals surface area contributed by atoms with Crippen molar-refractivity contribution in [2.75, 3.05) is 0 Å². The fraction of sp³-hybridized carbons (Fsp3) is 0.714. The zero-order chi connectivity index (χ0) is 18.4. The first-order valence-electron chi connectivity index (χ1n) is 9.51. The Kier molecular flexibility index (Phi) is 5.02. The van der Waals surface area contributed by atoms with Gasteiger partial charge in [-0.05, 0) is 63.4 Å². The molecular formula is C21H32O4. The monoisotopic (exact) mass is 348 g/mol. The Morgan fingerprint density at radius 1 is 1.16 bits per heavy atom. The second-order valence-electron chi connectivity index (χ2n) is 8.60. The van der Waals surface area contributed by atoms with Gasteiger partial charge in [-0.1, -0.05) is 36.8 Å². The molecule has 3 saturated carbocycles. The number of hydrogen-bond donors (Lipinski definition) is 4. The van der Waals surface area contributed by atoms with Crippen LogP contribution in [-0.4, -0.2) is 44.3 Å². The Labute approximate surface area is 150 Å². The molecule has 0 amide bonds. The molecule has 0 aliphatic heterocycles. The summed E-state index contributed by atoms with van der Waals surface area (Å²) < 4.78 is 0. The summed E-state index contributed by atoms with van der Waals surface area (Å²) in [5.41, 5.74) is 1.62. The first-order chi connectivity index (χ1) is 11.7. The van der Waals surface area contributed by atoms with Crippen molar-refractivity contribution >= 4 is 0 Å². The normalized spacial score (nSPS) is 46.5. The van der Waals surface area contributed by atoms with E-state index in [2.05, 4.69) is 12.7 Å².